The fraction of sp³-hybridized carbons (Fsp3) is 0.632. The van der Waals surface area contributed by atoms with E-state index in [1.807, 2.05) is 72.7 Å². The highest BCUT2D eigenvalue weighted by molar-refractivity contribution is 6.63. The SMILES string of the molecule is CC(C)(C)OC(=O)CCNc1ccccc1B1OC(C)(C)C(C)(C)O1. The van der Waals surface area contributed by atoms with E-state index in [1.165, 1.54) is 0 Å². The predicted octanol–water partition coefficient (Wildman–Crippen LogP) is 3.13. The van der Waals surface area contributed by atoms with Crippen LogP contribution < -0.4 is 10.8 Å². The standard InChI is InChI=1S/C19H30BNO4/c1-17(2,3)23-16(22)12-13-21-15-11-9-8-10-14(15)20-24-18(4,5)19(6,7)25-20/h8-11,21H,12-13H2,1-7H3. The number of benzene rings is 1. The molecule has 0 saturated carbocycles. The Morgan fingerprint density at radius 3 is 2.24 bits per heavy atom. The van der Waals surface area contributed by atoms with E-state index in [1.54, 1.807) is 0 Å². The largest absolute Gasteiger partial charge is 0.496 e. The number of carbonyl (C=O) groups is 1. The first kappa shape index (κ1) is 19.8. The summed E-state index contributed by atoms with van der Waals surface area (Å²) >= 11 is 0. The van der Waals surface area contributed by atoms with E-state index in [2.05, 4.69) is 5.32 Å². The highest BCUT2D eigenvalue weighted by Crippen LogP contribution is 2.36. The van der Waals surface area contributed by atoms with Crippen molar-refractivity contribution >= 4 is 24.2 Å². The molecule has 1 saturated heterocycles. The molecule has 0 aliphatic carbocycles. The Bertz CT molecular complexity index is 606. The first-order valence-corrected chi connectivity index (χ1v) is 8.82. The Balaban J connectivity index is 2.01. The van der Waals surface area contributed by atoms with Crippen molar-refractivity contribution in [3.8, 4) is 0 Å². The fourth-order valence-electron chi connectivity index (χ4n) is 2.53. The molecule has 5 nitrogen and oxygen atoms in total. The van der Waals surface area contributed by atoms with Crippen LogP contribution in [-0.2, 0) is 18.8 Å². The van der Waals surface area contributed by atoms with Crippen LogP contribution in [0.25, 0.3) is 0 Å². The number of ether oxygens (including phenoxy) is 1. The Morgan fingerprint density at radius 2 is 1.68 bits per heavy atom. The van der Waals surface area contributed by atoms with Crippen LogP contribution in [0.3, 0.4) is 0 Å². The van der Waals surface area contributed by atoms with Crippen molar-refractivity contribution in [1.29, 1.82) is 0 Å². The number of hydrogen-bond donors (Lipinski definition) is 1. The van der Waals surface area contributed by atoms with Crippen LogP contribution in [0.1, 0.15) is 54.9 Å². The normalized spacial score (nSPS) is 18.9. The zero-order valence-electron chi connectivity index (χ0n) is 16.4. The van der Waals surface area contributed by atoms with Crippen molar-refractivity contribution < 1.29 is 18.8 Å². The molecule has 0 radical (unpaired) electrons. The zero-order valence-corrected chi connectivity index (χ0v) is 16.4. The van der Waals surface area contributed by atoms with Gasteiger partial charge in [-0.15, -0.1) is 0 Å². The van der Waals surface area contributed by atoms with Crippen LogP contribution in [0.2, 0.25) is 0 Å². The summed E-state index contributed by atoms with van der Waals surface area (Å²) in [7, 11) is -0.435. The van der Waals surface area contributed by atoms with Gasteiger partial charge in [0.05, 0.1) is 17.6 Å². The lowest BCUT2D eigenvalue weighted by atomic mass is 9.78. The molecule has 1 heterocycles. The molecule has 0 spiro atoms. The van der Waals surface area contributed by atoms with Crippen LogP contribution in [-0.4, -0.2) is 36.4 Å². The molecule has 0 bridgehead atoms. The highest BCUT2D eigenvalue weighted by atomic mass is 16.7. The van der Waals surface area contributed by atoms with Crippen molar-refractivity contribution in [2.75, 3.05) is 11.9 Å². The summed E-state index contributed by atoms with van der Waals surface area (Å²) in [5.41, 5.74) is 0.607. The maximum atomic E-state index is 11.8. The molecule has 0 amide bonds. The molecule has 2 rings (SSSR count). The summed E-state index contributed by atoms with van der Waals surface area (Å²) in [6, 6.07) is 7.86. The molecule has 138 valence electrons. The Hall–Kier alpha value is -1.53. The molecule has 1 fully saturated rings. The minimum absolute atomic E-state index is 0.215. The predicted molar refractivity (Wildman–Crippen MR) is 101 cm³/mol. The lowest BCUT2D eigenvalue weighted by Crippen LogP contribution is -2.41. The van der Waals surface area contributed by atoms with Crippen molar-refractivity contribution in [2.24, 2.45) is 0 Å². The number of nitrogens with one attached hydrogen (secondary N) is 1. The fourth-order valence-corrected chi connectivity index (χ4v) is 2.53. The van der Waals surface area contributed by atoms with Gasteiger partial charge in [-0.3, -0.25) is 4.79 Å². The summed E-state index contributed by atoms with van der Waals surface area (Å²) in [5.74, 6) is -0.215. The molecule has 1 aromatic carbocycles. The number of carbonyl (C=O) groups excluding carboxylic acids is 1. The first-order valence-electron chi connectivity index (χ1n) is 8.82. The van der Waals surface area contributed by atoms with Gasteiger partial charge < -0.3 is 19.4 Å². The van der Waals surface area contributed by atoms with Gasteiger partial charge in [0.25, 0.3) is 0 Å². The molecule has 1 aromatic rings. The molecule has 25 heavy (non-hydrogen) atoms. The van der Waals surface area contributed by atoms with Gasteiger partial charge in [-0.25, -0.2) is 0 Å². The third kappa shape index (κ3) is 4.99. The van der Waals surface area contributed by atoms with Gasteiger partial charge in [0.15, 0.2) is 0 Å². The van der Waals surface area contributed by atoms with Gasteiger partial charge in [-0.05, 0) is 54.5 Å². The summed E-state index contributed by atoms with van der Waals surface area (Å²) in [6.07, 6.45) is 0.301. The van der Waals surface area contributed by atoms with Gasteiger partial charge in [-0.1, -0.05) is 18.2 Å². The van der Waals surface area contributed by atoms with Crippen molar-refractivity contribution in [2.45, 2.75) is 71.7 Å². The number of para-hydroxylation sites is 1. The second-order valence-electron chi connectivity index (χ2n) is 8.44. The van der Waals surface area contributed by atoms with Gasteiger partial charge >= 0.3 is 13.1 Å². The summed E-state index contributed by atoms with van der Waals surface area (Å²) in [6.45, 7) is 14.2. The molecule has 0 unspecified atom stereocenters. The molecule has 0 atom stereocenters. The van der Waals surface area contributed by atoms with E-state index in [-0.39, 0.29) is 17.2 Å². The molecular formula is C19H30BNO4. The number of esters is 1. The van der Waals surface area contributed by atoms with Crippen LogP contribution in [0.15, 0.2) is 24.3 Å². The van der Waals surface area contributed by atoms with Crippen molar-refractivity contribution in [3.63, 3.8) is 0 Å². The topological polar surface area (TPSA) is 56.8 Å². The lowest BCUT2D eigenvalue weighted by molar-refractivity contribution is -0.154. The van der Waals surface area contributed by atoms with Crippen molar-refractivity contribution in [1.82, 2.24) is 0 Å². The van der Waals surface area contributed by atoms with E-state index in [4.69, 9.17) is 14.0 Å². The van der Waals surface area contributed by atoms with Crippen LogP contribution >= 0.6 is 0 Å². The van der Waals surface area contributed by atoms with Gasteiger partial charge in [-0.2, -0.15) is 0 Å². The smallest absolute Gasteiger partial charge is 0.460 e. The minimum atomic E-state index is -0.461. The van der Waals surface area contributed by atoms with Gasteiger partial charge in [0.1, 0.15) is 5.60 Å². The van der Waals surface area contributed by atoms with E-state index in [0.717, 1.165) is 11.2 Å². The van der Waals surface area contributed by atoms with Gasteiger partial charge in [0, 0.05) is 17.7 Å². The Morgan fingerprint density at radius 1 is 1.12 bits per heavy atom. The highest BCUT2D eigenvalue weighted by Gasteiger charge is 2.52. The monoisotopic (exact) mass is 347 g/mol. The van der Waals surface area contributed by atoms with Crippen LogP contribution in [0.4, 0.5) is 5.69 Å². The average Bonchev–Trinajstić information content (AvgIpc) is 2.66. The van der Waals surface area contributed by atoms with E-state index in [9.17, 15) is 4.79 Å². The number of anilines is 1. The van der Waals surface area contributed by atoms with E-state index >= 15 is 0 Å². The number of hydrogen-bond acceptors (Lipinski definition) is 5. The average molecular weight is 347 g/mol. The molecule has 1 aliphatic heterocycles. The summed E-state index contributed by atoms with van der Waals surface area (Å²) in [4.78, 5) is 11.8. The minimum Gasteiger partial charge on any atom is -0.460 e. The Labute approximate surface area is 151 Å². The maximum absolute atomic E-state index is 11.8. The maximum Gasteiger partial charge on any atom is 0.496 e. The lowest BCUT2D eigenvalue weighted by Gasteiger charge is -2.32. The quantitative estimate of drug-likeness (QED) is 0.655. The third-order valence-corrected chi connectivity index (χ3v) is 4.53. The molecule has 0 aromatic heterocycles. The molecule has 1 N–H and O–H groups in total. The van der Waals surface area contributed by atoms with E-state index < -0.39 is 12.7 Å². The van der Waals surface area contributed by atoms with Gasteiger partial charge in [0.2, 0.25) is 0 Å². The molecule has 1 aliphatic rings. The summed E-state index contributed by atoms with van der Waals surface area (Å²) < 4.78 is 17.6. The zero-order chi connectivity index (χ0) is 18.9. The molecule has 6 heteroatoms. The third-order valence-electron chi connectivity index (χ3n) is 4.53. The first-order chi connectivity index (χ1) is 11.4. The summed E-state index contributed by atoms with van der Waals surface area (Å²) in [5, 5.41) is 3.30. The van der Waals surface area contributed by atoms with Crippen LogP contribution in [0, 0.1) is 0 Å². The van der Waals surface area contributed by atoms with Crippen molar-refractivity contribution in [3.05, 3.63) is 24.3 Å². The number of rotatable bonds is 5. The van der Waals surface area contributed by atoms with Crippen LogP contribution in [0.5, 0.6) is 0 Å². The van der Waals surface area contributed by atoms with E-state index in [0.29, 0.717) is 13.0 Å². The second-order valence-corrected chi connectivity index (χ2v) is 8.44. The molecular weight excluding hydrogens is 317 g/mol. The Kier molecular flexibility index (Phi) is 5.54. The second kappa shape index (κ2) is 7.00.